The molecule has 5 heterocycles. The molecule has 2 bridgehead atoms. The van der Waals surface area contributed by atoms with Crippen molar-refractivity contribution < 1.29 is 14.9 Å². The zero-order valence-corrected chi connectivity index (χ0v) is 26.0. The molecule has 8 rings (SSSR count). The normalized spacial score (nSPS) is 41.3. The summed E-state index contributed by atoms with van der Waals surface area (Å²) >= 11 is 0. The molecule has 11 nitrogen and oxygen atoms in total. The molecule has 0 radical (unpaired) electrons. The molecule has 0 amide bonds. The van der Waals surface area contributed by atoms with Gasteiger partial charge in [-0.05, 0) is 81.4 Å². The molecular formula is C32H52N8O3. The molecule has 6 fully saturated rings. The molecule has 7 N–H and O–H groups in total. The lowest BCUT2D eigenvalue weighted by Gasteiger charge is -2.48. The first kappa shape index (κ1) is 28.9. The van der Waals surface area contributed by atoms with Gasteiger partial charge in [0, 0.05) is 25.3 Å². The number of rotatable bonds is 9. The Bertz CT molecular complexity index is 1190. The van der Waals surface area contributed by atoms with Crippen LogP contribution in [0.4, 0.5) is 11.4 Å². The minimum absolute atomic E-state index is 0.0194. The number of hydrogen-bond donors (Lipinski definition) is 6. The summed E-state index contributed by atoms with van der Waals surface area (Å²) < 4.78 is 6.41. The van der Waals surface area contributed by atoms with Crippen LogP contribution >= 0.6 is 0 Å². The van der Waals surface area contributed by atoms with Crippen LogP contribution in [0.5, 0.6) is 0 Å². The number of aliphatic hydroxyl groups excluding tert-OH is 2. The Labute approximate surface area is 256 Å². The van der Waals surface area contributed by atoms with E-state index >= 15 is 0 Å². The van der Waals surface area contributed by atoms with Crippen LogP contribution in [0.25, 0.3) is 0 Å². The van der Waals surface area contributed by atoms with Gasteiger partial charge >= 0.3 is 0 Å². The molecular weight excluding hydrogens is 544 g/mol. The number of anilines is 2. The Hall–Kier alpha value is -1.54. The van der Waals surface area contributed by atoms with Crippen molar-refractivity contribution in [3.05, 3.63) is 23.8 Å². The second-order valence-corrected chi connectivity index (χ2v) is 15.0. The van der Waals surface area contributed by atoms with E-state index in [1.165, 1.54) is 61.9 Å². The predicted molar refractivity (Wildman–Crippen MR) is 166 cm³/mol. The van der Waals surface area contributed by atoms with Crippen molar-refractivity contribution in [2.75, 3.05) is 36.4 Å². The van der Waals surface area contributed by atoms with E-state index in [1.54, 1.807) is 0 Å². The summed E-state index contributed by atoms with van der Waals surface area (Å²) in [5.74, 6) is 0.747. The maximum Gasteiger partial charge on any atom is 0.142 e. The van der Waals surface area contributed by atoms with E-state index in [-0.39, 0.29) is 18.4 Å². The Balaban J connectivity index is 0.837. The Morgan fingerprint density at radius 3 is 2.60 bits per heavy atom. The molecule has 4 unspecified atom stereocenters. The fourth-order valence-electron chi connectivity index (χ4n) is 9.16. The van der Waals surface area contributed by atoms with Crippen LogP contribution in [0.2, 0.25) is 0 Å². The van der Waals surface area contributed by atoms with Gasteiger partial charge in [0.05, 0.1) is 43.1 Å². The molecule has 5 aliphatic heterocycles. The van der Waals surface area contributed by atoms with Crippen molar-refractivity contribution in [3.63, 3.8) is 0 Å². The molecule has 1 aromatic rings. The van der Waals surface area contributed by atoms with E-state index in [9.17, 15) is 10.2 Å². The van der Waals surface area contributed by atoms with Gasteiger partial charge in [0.15, 0.2) is 0 Å². The van der Waals surface area contributed by atoms with Gasteiger partial charge in [-0.2, -0.15) is 0 Å². The molecule has 11 heteroatoms. The first-order valence-corrected chi connectivity index (χ1v) is 16.9. The Morgan fingerprint density at radius 2 is 1.86 bits per heavy atom. The Kier molecular flexibility index (Phi) is 7.24. The summed E-state index contributed by atoms with van der Waals surface area (Å²) in [6.45, 7) is 9.75. The molecule has 4 saturated heterocycles. The minimum atomic E-state index is -0.957. The molecule has 2 saturated carbocycles. The van der Waals surface area contributed by atoms with E-state index in [0.29, 0.717) is 43.5 Å². The molecule has 0 spiro atoms. The first-order chi connectivity index (χ1) is 20.7. The average molecular weight is 597 g/mol. The SMILES string of the molecule is CC(C)N(C[C@H]1O[C@@H](N2CNC3C(N)NCNC32)[C@H](O)[C@@H]1O)[C@H]1C[C@H](CCC2N3CN2c2cc(C4(C)CCC4)ccc23)C1. The highest BCUT2D eigenvalue weighted by atomic mass is 16.6. The van der Waals surface area contributed by atoms with Crippen molar-refractivity contribution in [1.29, 1.82) is 0 Å². The van der Waals surface area contributed by atoms with Crippen molar-refractivity contribution in [1.82, 2.24) is 25.8 Å². The third-order valence-electron chi connectivity index (χ3n) is 12.2. The third-order valence-corrected chi connectivity index (χ3v) is 12.2. The van der Waals surface area contributed by atoms with Gasteiger partial charge in [0.25, 0.3) is 0 Å². The monoisotopic (exact) mass is 596 g/mol. The topological polar surface area (TPSA) is 125 Å². The van der Waals surface area contributed by atoms with Crippen LogP contribution in [0.3, 0.4) is 0 Å². The van der Waals surface area contributed by atoms with E-state index in [0.717, 1.165) is 12.6 Å². The van der Waals surface area contributed by atoms with Crippen molar-refractivity contribution in [2.45, 2.75) is 132 Å². The molecule has 7 aliphatic rings. The number of hydrogen-bond acceptors (Lipinski definition) is 11. The lowest BCUT2D eigenvalue weighted by atomic mass is 9.66. The summed E-state index contributed by atoms with van der Waals surface area (Å²) in [7, 11) is 0. The van der Waals surface area contributed by atoms with E-state index in [4.69, 9.17) is 10.5 Å². The lowest BCUT2D eigenvalue weighted by molar-refractivity contribution is -0.112. The summed E-state index contributed by atoms with van der Waals surface area (Å²) in [5, 5.41) is 32.2. The number of nitrogens with zero attached hydrogens (tertiary/aromatic N) is 4. The van der Waals surface area contributed by atoms with Crippen LogP contribution < -0.4 is 31.5 Å². The fourth-order valence-corrected chi connectivity index (χ4v) is 9.16. The highest BCUT2D eigenvalue weighted by molar-refractivity contribution is 5.84. The van der Waals surface area contributed by atoms with Crippen molar-refractivity contribution in [3.8, 4) is 0 Å². The van der Waals surface area contributed by atoms with Gasteiger partial charge in [-0.25, -0.2) is 4.90 Å². The van der Waals surface area contributed by atoms with Crippen molar-refractivity contribution in [2.24, 2.45) is 11.7 Å². The third kappa shape index (κ3) is 4.65. The standard InChI is InChI=1S/C32H52N8O3/c1-18(2)37(14-24-27(41)28(42)31(43-24)38-16-36-26-29(33)34-15-35-30(26)38)21-11-19(12-21)5-8-25-39-17-40(25)23-13-20(6-7-22(23)39)32(3)9-4-10-32/h6-7,13,18-19,21,24-31,34-36,41-42H,4-5,8-12,14-17,33H2,1-3H3/t19-,21-,24-,25?,26?,27-,28-,29?,30?,31-/m1/s1. The second kappa shape index (κ2) is 10.8. The van der Waals surface area contributed by atoms with Gasteiger partial charge in [-0.15, -0.1) is 0 Å². The van der Waals surface area contributed by atoms with Gasteiger partial charge in [-0.3, -0.25) is 20.9 Å². The average Bonchev–Trinajstić information content (AvgIpc) is 3.68. The van der Waals surface area contributed by atoms with Crippen molar-refractivity contribution >= 4 is 11.4 Å². The number of aliphatic hydroxyl groups is 2. The zero-order valence-electron chi connectivity index (χ0n) is 26.0. The summed E-state index contributed by atoms with van der Waals surface area (Å²) in [4.78, 5) is 9.81. The van der Waals surface area contributed by atoms with E-state index in [2.05, 4.69) is 74.5 Å². The van der Waals surface area contributed by atoms with Gasteiger partial charge in [0.2, 0.25) is 0 Å². The largest absolute Gasteiger partial charge is 0.387 e. The highest BCUT2D eigenvalue weighted by Crippen LogP contribution is 2.52. The second-order valence-electron chi connectivity index (χ2n) is 15.0. The lowest BCUT2D eigenvalue weighted by Crippen LogP contribution is -2.68. The smallest absolute Gasteiger partial charge is 0.142 e. The molecule has 0 aromatic heterocycles. The van der Waals surface area contributed by atoms with Gasteiger partial charge in [0.1, 0.15) is 30.7 Å². The molecule has 238 valence electrons. The molecule has 8 atom stereocenters. The highest BCUT2D eigenvalue weighted by Gasteiger charge is 2.53. The maximum atomic E-state index is 11.1. The summed E-state index contributed by atoms with van der Waals surface area (Å²) in [5.41, 5.74) is 11.1. The summed E-state index contributed by atoms with van der Waals surface area (Å²) in [6.07, 6.45) is 6.34. The zero-order chi connectivity index (χ0) is 29.6. The Morgan fingerprint density at radius 1 is 1.07 bits per heavy atom. The van der Waals surface area contributed by atoms with E-state index in [1.807, 2.05) is 0 Å². The maximum absolute atomic E-state index is 11.1. The number of fused-ring (bicyclic) bond motifs is 6. The fraction of sp³-hybridized carbons (Fsp3) is 0.812. The number of nitrogens with two attached hydrogens (primary N) is 1. The van der Waals surface area contributed by atoms with Crippen LogP contribution in [0, 0.1) is 5.92 Å². The van der Waals surface area contributed by atoms with Crippen LogP contribution in [0.1, 0.15) is 71.3 Å². The van der Waals surface area contributed by atoms with Crippen LogP contribution in [-0.2, 0) is 10.2 Å². The first-order valence-electron chi connectivity index (χ1n) is 16.9. The molecule has 1 aromatic carbocycles. The minimum Gasteiger partial charge on any atom is -0.387 e. The van der Waals surface area contributed by atoms with Gasteiger partial charge in [-0.1, -0.05) is 19.4 Å². The number of nitrogens with one attached hydrogen (secondary N) is 3. The number of ether oxygens (including phenoxy) is 1. The molecule has 2 aliphatic carbocycles. The number of benzene rings is 1. The predicted octanol–water partition coefficient (Wildman–Crippen LogP) is 0.760. The van der Waals surface area contributed by atoms with Gasteiger partial charge < -0.3 is 30.5 Å². The summed E-state index contributed by atoms with van der Waals surface area (Å²) in [6, 6.07) is 8.13. The van der Waals surface area contributed by atoms with Crippen LogP contribution in [0.15, 0.2) is 18.2 Å². The molecule has 43 heavy (non-hydrogen) atoms. The van der Waals surface area contributed by atoms with E-state index < -0.39 is 24.5 Å². The quantitative estimate of drug-likeness (QED) is 0.242. The van der Waals surface area contributed by atoms with Crippen LogP contribution in [-0.4, -0.2) is 108 Å².